The van der Waals surface area contributed by atoms with Crippen molar-refractivity contribution in [2.75, 3.05) is 13.1 Å². The Kier molecular flexibility index (Phi) is 3.34. The minimum absolute atomic E-state index is 0.403. The van der Waals surface area contributed by atoms with Crippen LogP contribution in [-0.2, 0) is 0 Å². The van der Waals surface area contributed by atoms with Crippen LogP contribution < -0.4 is 11.1 Å². The molecule has 2 unspecified atom stereocenters. The molecule has 1 aliphatic rings. The molecule has 0 amide bonds. The average Bonchev–Trinajstić information content (AvgIpc) is 2.39. The molecule has 0 spiro atoms. The zero-order valence-electron chi connectivity index (χ0n) is 7.64. The predicted octanol–water partition coefficient (Wildman–Crippen LogP) is 0.969. The fourth-order valence-electron chi connectivity index (χ4n) is 1.57. The van der Waals surface area contributed by atoms with Gasteiger partial charge in [0.25, 0.3) is 0 Å². The van der Waals surface area contributed by atoms with E-state index in [0.29, 0.717) is 12.0 Å². The van der Waals surface area contributed by atoms with E-state index in [2.05, 4.69) is 19.2 Å². The Morgan fingerprint density at radius 2 is 2.27 bits per heavy atom. The van der Waals surface area contributed by atoms with Gasteiger partial charge in [0.15, 0.2) is 0 Å². The summed E-state index contributed by atoms with van der Waals surface area (Å²) in [6.07, 6.45) is 2.52. The summed E-state index contributed by atoms with van der Waals surface area (Å²) in [5, 5.41) is 3.36. The summed E-state index contributed by atoms with van der Waals surface area (Å²) in [5.74, 6) is 1.47. The van der Waals surface area contributed by atoms with E-state index in [9.17, 15) is 0 Å². The lowest BCUT2D eigenvalue weighted by Crippen LogP contribution is -2.29. The number of rotatable bonds is 3. The Morgan fingerprint density at radius 3 is 2.73 bits per heavy atom. The lowest BCUT2D eigenvalue weighted by atomic mass is 9.93. The quantitative estimate of drug-likeness (QED) is 0.639. The van der Waals surface area contributed by atoms with Gasteiger partial charge in [-0.3, -0.25) is 0 Å². The van der Waals surface area contributed by atoms with Gasteiger partial charge < -0.3 is 11.1 Å². The van der Waals surface area contributed by atoms with E-state index in [-0.39, 0.29) is 0 Å². The van der Waals surface area contributed by atoms with Crippen molar-refractivity contribution >= 4 is 0 Å². The first-order valence-corrected chi connectivity index (χ1v) is 4.66. The monoisotopic (exact) mass is 156 g/mol. The van der Waals surface area contributed by atoms with E-state index in [1.54, 1.807) is 0 Å². The summed E-state index contributed by atoms with van der Waals surface area (Å²) in [7, 11) is 0. The van der Waals surface area contributed by atoms with Crippen LogP contribution in [0.1, 0.15) is 26.7 Å². The molecule has 1 heterocycles. The number of nitrogens with one attached hydrogen (secondary N) is 1. The van der Waals surface area contributed by atoms with Gasteiger partial charge in [0.05, 0.1) is 0 Å². The van der Waals surface area contributed by atoms with Gasteiger partial charge in [0.1, 0.15) is 0 Å². The first-order chi connectivity index (χ1) is 5.20. The standard InChI is InChI=1S/C9H20N2/c1-7(2)9(10)5-8-3-4-11-6-8/h7-9,11H,3-6,10H2,1-2H3. The smallest absolute Gasteiger partial charge is 0.00650 e. The zero-order valence-corrected chi connectivity index (χ0v) is 7.64. The maximum Gasteiger partial charge on any atom is 0.00650 e. The van der Waals surface area contributed by atoms with E-state index >= 15 is 0 Å². The predicted molar refractivity (Wildman–Crippen MR) is 48.4 cm³/mol. The van der Waals surface area contributed by atoms with E-state index in [1.807, 2.05) is 0 Å². The van der Waals surface area contributed by atoms with Crippen molar-refractivity contribution in [2.45, 2.75) is 32.7 Å². The van der Waals surface area contributed by atoms with Gasteiger partial charge in [-0.05, 0) is 37.8 Å². The summed E-state index contributed by atoms with van der Waals surface area (Å²) in [4.78, 5) is 0. The molecule has 1 fully saturated rings. The van der Waals surface area contributed by atoms with Crippen molar-refractivity contribution in [2.24, 2.45) is 17.6 Å². The van der Waals surface area contributed by atoms with Crippen molar-refractivity contribution in [3.8, 4) is 0 Å². The van der Waals surface area contributed by atoms with Crippen molar-refractivity contribution in [1.82, 2.24) is 5.32 Å². The van der Waals surface area contributed by atoms with Gasteiger partial charge >= 0.3 is 0 Å². The average molecular weight is 156 g/mol. The molecule has 1 rings (SSSR count). The second-order valence-corrected chi connectivity index (χ2v) is 4.00. The molecule has 0 aromatic heterocycles. The summed E-state index contributed by atoms with van der Waals surface area (Å²) >= 11 is 0. The van der Waals surface area contributed by atoms with Gasteiger partial charge in [-0.1, -0.05) is 13.8 Å². The highest BCUT2D eigenvalue weighted by Crippen LogP contribution is 2.16. The van der Waals surface area contributed by atoms with Gasteiger partial charge in [-0.2, -0.15) is 0 Å². The van der Waals surface area contributed by atoms with Gasteiger partial charge in [-0.25, -0.2) is 0 Å². The molecule has 0 bridgehead atoms. The Hall–Kier alpha value is -0.0800. The minimum atomic E-state index is 0.403. The van der Waals surface area contributed by atoms with Gasteiger partial charge in [-0.15, -0.1) is 0 Å². The Morgan fingerprint density at radius 1 is 1.55 bits per heavy atom. The number of hydrogen-bond acceptors (Lipinski definition) is 2. The molecule has 0 aromatic rings. The first-order valence-electron chi connectivity index (χ1n) is 4.66. The molecule has 0 saturated carbocycles. The number of hydrogen-bond donors (Lipinski definition) is 2. The molecule has 1 saturated heterocycles. The van der Waals surface area contributed by atoms with Crippen LogP contribution in [0.15, 0.2) is 0 Å². The van der Waals surface area contributed by atoms with Crippen molar-refractivity contribution in [1.29, 1.82) is 0 Å². The molecule has 0 radical (unpaired) electrons. The molecule has 2 heteroatoms. The molecule has 1 aliphatic heterocycles. The molecule has 2 atom stereocenters. The molecule has 0 aliphatic carbocycles. The van der Waals surface area contributed by atoms with Crippen LogP contribution in [0.2, 0.25) is 0 Å². The van der Waals surface area contributed by atoms with Crippen molar-refractivity contribution < 1.29 is 0 Å². The second-order valence-electron chi connectivity index (χ2n) is 4.00. The molecule has 11 heavy (non-hydrogen) atoms. The highest BCUT2D eigenvalue weighted by atomic mass is 14.9. The second kappa shape index (κ2) is 4.07. The third-order valence-electron chi connectivity index (χ3n) is 2.62. The van der Waals surface area contributed by atoms with E-state index in [0.717, 1.165) is 5.92 Å². The molecule has 66 valence electrons. The zero-order chi connectivity index (χ0) is 8.27. The maximum absolute atomic E-state index is 5.97. The fourth-order valence-corrected chi connectivity index (χ4v) is 1.57. The Bertz CT molecular complexity index is 106. The van der Waals surface area contributed by atoms with Crippen LogP contribution >= 0.6 is 0 Å². The summed E-state index contributed by atoms with van der Waals surface area (Å²) in [5.41, 5.74) is 5.97. The number of nitrogens with two attached hydrogens (primary N) is 1. The van der Waals surface area contributed by atoms with Crippen molar-refractivity contribution in [3.63, 3.8) is 0 Å². The van der Waals surface area contributed by atoms with Crippen LogP contribution in [0.4, 0.5) is 0 Å². The summed E-state index contributed by atoms with van der Waals surface area (Å²) < 4.78 is 0. The van der Waals surface area contributed by atoms with Gasteiger partial charge in [0, 0.05) is 6.04 Å². The molecule has 3 N–H and O–H groups in total. The SMILES string of the molecule is CC(C)C(N)CC1CCNC1. The topological polar surface area (TPSA) is 38.0 Å². The summed E-state index contributed by atoms with van der Waals surface area (Å²) in [6.45, 7) is 6.77. The van der Waals surface area contributed by atoms with E-state index < -0.39 is 0 Å². The minimum Gasteiger partial charge on any atom is -0.327 e. The lowest BCUT2D eigenvalue weighted by Gasteiger charge is -2.18. The third-order valence-corrected chi connectivity index (χ3v) is 2.62. The van der Waals surface area contributed by atoms with Crippen LogP contribution in [0.25, 0.3) is 0 Å². The Balaban J connectivity index is 2.18. The molecule has 2 nitrogen and oxygen atoms in total. The summed E-state index contributed by atoms with van der Waals surface area (Å²) in [6, 6.07) is 0.403. The Labute approximate surface area is 69.5 Å². The van der Waals surface area contributed by atoms with Gasteiger partial charge in [0.2, 0.25) is 0 Å². The van der Waals surface area contributed by atoms with Crippen LogP contribution in [0.3, 0.4) is 0 Å². The molecule has 0 aromatic carbocycles. The lowest BCUT2D eigenvalue weighted by molar-refractivity contribution is 0.389. The normalized spacial score (nSPS) is 27.8. The van der Waals surface area contributed by atoms with Crippen LogP contribution in [-0.4, -0.2) is 19.1 Å². The van der Waals surface area contributed by atoms with E-state index in [1.165, 1.54) is 25.9 Å². The molecular formula is C9H20N2. The molecular weight excluding hydrogens is 136 g/mol. The van der Waals surface area contributed by atoms with Crippen LogP contribution in [0, 0.1) is 11.8 Å². The van der Waals surface area contributed by atoms with E-state index in [4.69, 9.17) is 5.73 Å². The van der Waals surface area contributed by atoms with Crippen LogP contribution in [0.5, 0.6) is 0 Å². The maximum atomic E-state index is 5.97. The largest absolute Gasteiger partial charge is 0.327 e. The highest BCUT2D eigenvalue weighted by Gasteiger charge is 2.18. The fraction of sp³-hybridized carbons (Fsp3) is 1.00. The first kappa shape index (κ1) is 9.01. The highest BCUT2D eigenvalue weighted by molar-refractivity contribution is 4.77. The third kappa shape index (κ3) is 2.80. The van der Waals surface area contributed by atoms with Crippen molar-refractivity contribution in [3.05, 3.63) is 0 Å².